The molecular weight excluding hydrogens is 1250 g/mol. The third-order valence-corrected chi connectivity index (χ3v) is 18.8. The molecule has 0 saturated carbocycles. The molecule has 0 saturated heterocycles. The fourth-order valence-electron chi connectivity index (χ4n) is 11.5. The summed E-state index contributed by atoms with van der Waals surface area (Å²) in [5, 5.41) is 0. The predicted octanol–water partition coefficient (Wildman–Crippen LogP) is 27.4. The van der Waals surface area contributed by atoms with Gasteiger partial charge in [-0.15, -0.1) is 0 Å². The van der Waals surface area contributed by atoms with Gasteiger partial charge in [-0.3, -0.25) is 14.2 Å². The van der Waals surface area contributed by atoms with Gasteiger partial charge >= 0.3 is 11.9 Å². The number of rotatable bonds is 76. The second-order valence-corrected chi connectivity index (χ2v) is 30.2. The summed E-state index contributed by atoms with van der Waals surface area (Å²) in [5.74, 6) is -0.841. The van der Waals surface area contributed by atoms with Gasteiger partial charge in [-0.1, -0.05) is 372 Å². The number of esters is 2. The van der Waals surface area contributed by atoms with Crippen molar-refractivity contribution < 1.29 is 42.1 Å². The first-order valence-corrected chi connectivity index (χ1v) is 43.0. The van der Waals surface area contributed by atoms with Gasteiger partial charge in [0.25, 0.3) is 7.82 Å². The maximum Gasteiger partial charge on any atom is 0.306 e. The van der Waals surface area contributed by atoms with Crippen molar-refractivity contribution in [3.63, 3.8) is 0 Å². The summed E-state index contributed by atoms with van der Waals surface area (Å²) in [6.45, 7) is 4.13. The molecule has 0 heterocycles. The maximum absolute atomic E-state index is 12.9. The molecular formula is C90H156NO8P. The molecule has 0 N–H and O–H groups in total. The Kier molecular flexibility index (Phi) is 75.8. The summed E-state index contributed by atoms with van der Waals surface area (Å²) in [5.41, 5.74) is 0. The van der Waals surface area contributed by atoms with E-state index in [1.54, 1.807) is 0 Å². The van der Waals surface area contributed by atoms with Gasteiger partial charge in [-0.2, -0.15) is 0 Å². The van der Waals surface area contributed by atoms with E-state index in [1.165, 1.54) is 205 Å². The summed E-state index contributed by atoms with van der Waals surface area (Å²) in [6, 6.07) is 0. The lowest BCUT2D eigenvalue weighted by Crippen LogP contribution is -2.37. The molecule has 2 unspecified atom stereocenters. The molecule has 2 atom stereocenters. The average molecular weight is 1410 g/mol. The Bertz CT molecular complexity index is 2210. The normalized spacial score (nSPS) is 13.8. The van der Waals surface area contributed by atoms with E-state index in [1.807, 2.05) is 21.1 Å². The van der Waals surface area contributed by atoms with Crippen LogP contribution in [0.25, 0.3) is 0 Å². The van der Waals surface area contributed by atoms with E-state index < -0.39 is 26.5 Å². The minimum atomic E-state index is -4.66. The van der Waals surface area contributed by atoms with Crippen LogP contribution in [0.1, 0.15) is 361 Å². The number of quaternary nitrogens is 1. The standard InChI is InChI=1S/C90H156NO8P/c1-6-8-10-12-14-16-18-20-22-24-26-28-30-32-34-36-38-40-42-43-44-45-46-47-49-50-52-54-56-58-60-62-64-66-68-70-72-74-76-78-80-82-89(92)96-86-88(87-98-100(94,95)97-85-84-91(3,4)5)99-90(93)83-81-79-77-75-73-71-69-67-65-63-61-59-57-55-53-51-48-41-39-37-35-33-31-29-27-25-23-21-19-17-15-13-11-9-7-2/h9,11,15,17-18,20-21,23-24,26-27,29-30,32-33,35,39,41,51,53,57,59,63,65,88H,6-8,10,12-14,16,19,22,25,28,31,34,36-38,40,42-50,52,54-56,58,60-62,64,66-87H2,1-5H3/b11-9-,17-15-,20-18-,23-21-,26-24-,29-27-,32-30-,35-33-,41-39-,53-51-,59-57-,65-63-. The van der Waals surface area contributed by atoms with Crippen LogP contribution in [0.5, 0.6) is 0 Å². The smallest absolute Gasteiger partial charge is 0.306 e. The van der Waals surface area contributed by atoms with Gasteiger partial charge in [0.1, 0.15) is 19.8 Å². The zero-order valence-corrected chi connectivity index (χ0v) is 66.5. The quantitative estimate of drug-likeness (QED) is 0.0195. The molecule has 0 fully saturated rings. The average Bonchev–Trinajstić information content (AvgIpc) is 1.65. The Morgan fingerprint density at radius 2 is 0.570 bits per heavy atom. The molecule has 0 amide bonds. The van der Waals surface area contributed by atoms with Crippen molar-refractivity contribution in [2.45, 2.75) is 367 Å². The SMILES string of the molecule is CC/C=C\C/C=C\C/C=C\C/C=C\C/C=C\C/C=C\C/C=C\C/C=C\C/C=C\CCCCCCCCCC(=O)OC(COC(=O)CCCCCCCCCCCCCCCCCCCCCCCCCCCC/C=C\C/C=C\C/C=C\CCCCCCC)COP(=O)([O-])OCC[N+](C)(C)C. The highest BCUT2D eigenvalue weighted by molar-refractivity contribution is 7.45. The van der Waals surface area contributed by atoms with Crippen LogP contribution >= 0.6 is 7.82 Å². The van der Waals surface area contributed by atoms with E-state index in [2.05, 4.69) is 160 Å². The van der Waals surface area contributed by atoms with Gasteiger partial charge in [0.05, 0.1) is 27.7 Å². The van der Waals surface area contributed by atoms with E-state index in [0.717, 1.165) is 122 Å². The van der Waals surface area contributed by atoms with Crippen LogP contribution in [0, 0.1) is 0 Å². The van der Waals surface area contributed by atoms with E-state index in [0.29, 0.717) is 17.4 Å². The van der Waals surface area contributed by atoms with Gasteiger partial charge in [0.15, 0.2) is 6.10 Å². The molecule has 0 bridgehead atoms. The number of carbonyl (C=O) groups is 2. The van der Waals surface area contributed by atoms with Gasteiger partial charge < -0.3 is 27.9 Å². The highest BCUT2D eigenvalue weighted by atomic mass is 31.2. The molecule has 0 aliphatic rings. The monoisotopic (exact) mass is 1410 g/mol. The first-order chi connectivity index (χ1) is 49.0. The van der Waals surface area contributed by atoms with E-state index in [-0.39, 0.29) is 32.0 Å². The second-order valence-electron chi connectivity index (χ2n) is 28.8. The molecule has 0 rings (SSSR count). The van der Waals surface area contributed by atoms with Gasteiger partial charge in [-0.25, -0.2) is 0 Å². The fourth-order valence-corrected chi connectivity index (χ4v) is 12.3. The minimum absolute atomic E-state index is 0.0383. The van der Waals surface area contributed by atoms with Crippen molar-refractivity contribution in [1.29, 1.82) is 0 Å². The topological polar surface area (TPSA) is 111 Å². The number of carbonyl (C=O) groups excluding carboxylic acids is 2. The fraction of sp³-hybridized carbons (Fsp3) is 0.711. The second kappa shape index (κ2) is 79.0. The molecule has 100 heavy (non-hydrogen) atoms. The van der Waals surface area contributed by atoms with Gasteiger partial charge in [-0.05, 0) is 122 Å². The van der Waals surface area contributed by atoms with Crippen LogP contribution in [-0.2, 0) is 32.7 Å². The van der Waals surface area contributed by atoms with E-state index in [9.17, 15) is 19.0 Å². The molecule has 9 nitrogen and oxygen atoms in total. The highest BCUT2D eigenvalue weighted by Crippen LogP contribution is 2.38. The minimum Gasteiger partial charge on any atom is -0.756 e. The third kappa shape index (κ3) is 82.8. The van der Waals surface area contributed by atoms with Gasteiger partial charge in [0, 0.05) is 12.8 Å². The number of phosphoric ester groups is 1. The number of unbranched alkanes of at least 4 members (excludes halogenated alkanes) is 38. The molecule has 574 valence electrons. The Balaban J connectivity index is 3.98. The first-order valence-electron chi connectivity index (χ1n) is 41.5. The number of hydrogen-bond acceptors (Lipinski definition) is 8. The summed E-state index contributed by atoms with van der Waals surface area (Å²) in [6.07, 6.45) is 117. The molecule has 10 heteroatoms. The lowest BCUT2D eigenvalue weighted by atomic mass is 10.0. The van der Waals surface area contributed by atoms with Crippen molar-refractivity contribution in [1.82, 2.24) is 0 Å². The number of allylic oxidation sites excluding steroid dienone is 24. The van der Waals surface area contributed by atoms with Crippen molar-refractivity contribution in [3.8, 4) is 0 Å². The molecule has 0 aromatic heterocycles. The number of phosphoric acid groups is 1. The summed E-state index contributed by atoms with van der Waals surface area (Å²) in [4.78, 5) is 38.2. The molecule has 0 aliphatic carbocycles. The van der Waals surface area contributed by atoms with Crippen LogP contribution in [0.15, 0.2) is 146 Å². The van der Waals surface area contributed by atoms with Crippen LogP contribution in [0.2, 0.25) is 0 Å². The summed E-state index contributed by atoms with van der Waals surface area (Å²) < 4.78 is 34.4. The van der Waals surface area contributed by atoms with Crippen molar-refractivity contribution in [3.05, 3.63) is 146 Å². The lowest BCUT2D eigenvalue weighted by molar-refractivity contribution is -0.870. The van der Waals surface area contributed by atoms with E-state index >= 15 is 0 Å². The maximum atomic E-state index is 12.9. The highest BCUT2D eigenvalue weighted by Gasteiger charge is 2.22. The molecule has 0 aliphatic heterocycles. The Labute approximate surface area is 618 Å². The van der Waals surface area contributed by atoms with Crippen LogP contribution < -0.4 is 4.89 Å². The molecule has 0 spiro atoms. The van der Waals surface area contributed by atoms with Crippen molar-refractivity contribution in [2.24, 2.45) is 0 Å². The number of ether oxygens (including phenoxy) is 2. The zero-order valence-electron chi connectivity index (χ0n) is 65.6. The first kappa shape index (κ1) is 95.9. The Hall–Kier alpha value is -4.11. The number of nitrogens with zero attached hydrogens (tertiary/aromatic N) is 1. The van der Waals surface area contributed by atoms with Gasteiger partial charge in [0.2, 0.25) is 0 Å². The summed E-state index contributed by atoms with van der Waals surface area (Å²) >= 11 is 0. The molecule has 0 aromatic rings. The number of likely N-dealkylation sites (N-methyl/N-ethyl adjacent to an activating group) is 1. The van der Waals surface area contributed by atoms with Crippen LogP contribution in [0.4, 0.5) is 0 Å². The Morgan fingerprint density at radius 3 is 0.850 bits per heavy atom. The lowest BCUT2D eigenvalue weighted by Gasteiger charge is -2.28. The number of hydrogen-bond donors (Lipinski definition) is 0. The zero-order chi connectivity index (χ0) is 72.5. The van der Waals surface area contributed by atoms with Crippen LogP contribution in [-0.4, -0.2) is 70.0 Å². The largest absolute Gasteiger partial charge is 0.756 e. The molecule has 0 radical (unpaired) electrons. The third-order valence-electron chi connectivity index (χ3n) is 17.8. The van der Waals surface area contributed by atoms with E-state index in [4.69, 9.17) is 18.5 Å². The summed E-state index contributed by atoms with van der Waals surface area (Å²) in [7, 11) is 1.15. The van der Waals surface area contributed by atoms with Crippen molar-refractivity contribution >= 4 is 19.8 Å². The predicted molar refractivity (Wildman–Crippen MR) is 434 cm³/mol. The molecule has 0 aromatic carbocycles. The Morgan fingerprint density at radius 1 is 0.320 bits per heavy atom. The van der Waals surface area contributed by atoms with Crippen molar-refractivity contribution in [2.75, 3.05) is 47.5 Å². The van der Waals surface area contributed by atoms with Crippen LogP contribution in [0.3, 0.4) is 0 Å².